The third kappa shape index (κ3) is 5.70. The van der Waals surface area contributed by atoms with Gasteiger partial charge in [0.1, 0.15) is 10.0 Å². The molecular formula is C13H15Cl3N3O5+. The van der Waals surface area contributed by atoms with Crippen LogP contribution in [-0.2, 0) is 19.1 Å². The van der Waals surface area contributed by atoms with Gasteiger partial charge in [-0.2, -0.15) is 4.98 Å². The summed E-state index contributed by atoms with van der Waals surface area (Å²) in [5.74, 6) is -1.84. The van der Waals surface area contributed by atoms with E-state index in [1.54, 1.807) is 0 Å². The second-order valence-electron chi connectivity index (χ2n) is 4.46. The first-order valence-electron chi connectivity index (χ1n) is 6.63. The summed E-state index contributed by atoms with van der Waals surface area (Å²) >= 11 is 17.4. The van der Waals surface area contributed by atoms with E-state index in [1.165, 1.54) is 7.11 Å². The zero-order valence-corrected chi connectivity index (χ0v) is 14.8. The number of esters is 2. The molecule has 0 spiro atoms. The van der Waals surface area contributed by atoms with Crippen LogP contribution in [0.4, 0.5) is 5.69 Å². The Morgan fingerprint density at radius 2 is 1.88 bits per heavy atom. The number of methoxy groups -OCH3 is 1. The Kier molecular flexibility index (Phi) is 8.03. The summed E-state index contributed by atoms with van der Waals surface area (Å²) in [5.41, 5.74) is 5.30. The van der Waals surface area contributed by atoms with Crippen molar-refractivity contribution in [2.24, 2.45) is 0 Å². The summed E-state index contributed by atoms with van der Waals surface area (Å²) in [6, 6.07) is 0. The molecule has 1 aromatic rings. The first-order chi connectivity index (χ1) is 11.3. The number of nitrogens with one attached hydrogen (secondary N) is 2. The second-order valence-corrected chi connectivity index (χ2v) is 5.60. The number of anilines is 1. The van der Waals surface area contributed by atoms with Gasteiger partial charge in [-0.1, -0.05) is 23.2 Å². The van der Waals surface area contributed by atoms with E-state index in [-0.39, 0.29) is 45.5 Å². The van der Waals surface area contributed by atoms with Crippen molar-refractivity contribution in [1.29, 1.82) is 0 Å². The van der Waals surface area contributed by atoms with Gasteiger partial charge >= 0.3 is 17.6 Å². The van der Waals surface area contributed by atoms with Crippen LogP contribution < -0.4 is 16.0 Å². The zero-order chi connectivity index (χ0) is 18.3. The molecule has 0 saturated carbocycles. The van der Waals surface area contributed by atoms with E-state index < -0.39 is 18.5 Å². The molecule has 11 heteroatoms. The van der Waals surface area contributed by atoms with E-state index in [9.17, 15) is 14.4 Å². The topological polar surface area (TPSA) is 122 Å². The number of carbonyl (C=O) groups excluding carboxylic acids is 3. The Morgan fingerprint density at radius 3 is 2.50 bits per heavy atom. The van der Waals surface area contributed by atoms with Crippen molar-refractivity contribution in [3.05, 3.63) is 20.9 Å². The predicted octanol–water partition coefficient (Wildman–Crippen LogP) is 1.27. The number of amides is 1. The number of pyridine rings is 1. The van der Waals surface area contributed by atoms with E-state index in [0.29, 0.717) is 6.42 Å². The van der Waals surface area contributed by atoms with E-state index in [4.69, 9.17) is 45.3 Å². The quantitative estimate of drug-likeness (QED) is 0.404. The standard InChI is InChI=1S/C13H14Cl3N3O5/c1-23-7(21)3-2-4-18-6(20)5-24-13(22)11-8(14)10(17)9(15)12(16)19-11/h2-5H2,1H3,(H2,17,19)(H,18,20)/p+1. The van der Waals surface area contributed by atoms with E-state index >= 15 is 0 Å². The number of aromatic nitrogens is 1. The largest absolute Gasteiger partial charge is 0.469 e. The molecule has 4 N–H and O–H groups in total. The average Bonchev–Trinajstić information content (AvgIpc) is 2.57. The molecule has 0 atom stereocenters. The number of ether oxygens (including phenoxy) is 2. The number of nitrogen functional groups attached to an aromatic ring is 1. The van der Waals surface area contributed by atoms with Gasteiger partial charge in [-0.3, -0.25) is 9.59 Å². The Bertz CT molecular complexity index is 654. The Hall–Kier alpha value is -1.77. The van der Waals surface area contributed by atoms with Gasteiger partial charge < -0.3 is 20.5 Å². The highest BCUT2D eigenvalue weighted by Gasteiger charge is 2.27. The highest BCUT2D eigenvalue weighted by molar-refractivity contribution is 6.45. The van der Waals surface area contributed by atoms with Crippen molar-refractivity contribution in [3.8, 4) is 0 Å². The van der Waals surface area contributed by atoms with Crippen molar-refractivity contribution in [1.82, 2.24) is 5.32 Å². The maximum Gasteiger partial charge on any atom is 0.405 e. The number of carbonyl (C=O) groups is 3. The number of aromatic amines is 1. The maximum absolute atomic E-state index is 11.9. The van der Waals surface area contributed by atoms with Crippen LogP contribution >= 0.6 is 34.8 Å². The lowest BCUT2D eigenvalue weighted by Crippen LogP contribution is -2.31. The van der Waals surface area contributed by atoms with Crippen molar-refractivity contribution < 1.29 is 28.8 Å². The Morgan fingerprint density at radius 1 is 1.21 bits per heavy atom. The number of H-pyrrole nitrogens is 1. The van der Waals surface area contributed by atoms with Crippen LogP contribution in [0.25, 0.3) is 0 Å². The summed E-state index contributed by atoms with van der Waals surface area (Å²) in [4.78, 5) is 36.8. The summed E-state index contributed by atoms with van der Waals surface area (Å²) in [5, 5.41) is 2.21. The molecule has 0 saturated heterocycles. The number of hydrogen-bond acceptors (Lipinski definition) is 6. The first-order valence-corrected chi connectivity index (χ1v) is 7.77. The monoisotopic (exact) mass is 398 g/mol. The third-order valence-electron chi connectivity index (χ3n) is 2.77. The van der Waals surface area contributed by atoms with Crippen molar-refractivity contribution in [3.63, 3.8) is 0 Å². The minimum absolute atomic E-state index is 0.0263. The first kappa shape index (κ1) is 20.3. The fraction of sp³-hybridized carbons (Fsp3) is 0.385. The number of nitrogens with two attached hydrogens (primary N) is 1. The lowest BCUT2D eigenvalue weighted by atomic mass is 10.3. The lowest BCUT2D eigenvalue weighted by molar-refractivity contribution is -0.380. The third-order valence-corrected chi connectivity index (χ3v) is 3.93. The molecule has 1 rings (SSSR count). The van der Waals surface area contributed by atoms with E-state index in [1.807, 2.05) is 0 Å². The van der Waals surface area contributed by atoms with Crippen LogP contribution in [0.5, 0.6) is 0 Å². The lowest BCUT2D eigenvalue weighted by Gasteiger charge is -2.06. The predicted molar refractivity (Wildman–Crippen MR) is 87.0 cm³/mol. The molecule has 24 heavy (non-hydrogen) atoms. The summed E-state index contributed by atoms with van der Waals surface area (Å²) in [6.07, 6.45) is 0.568. The van der Waals surface area contributed by atoms with Gasteiger partial charge in [-0.25, -0.2) is 4.79 Å². The molecule has 1 amide bonds. The molecule has 0 aliphatic carbocycles. The van der Waals surface area contributed by atoms with Crippen molar-refractivity contribution >= 4 is 58.3 Å². The number of halogens is 3. The Labute approximate surface area is 152 Å². The molecule has 1 heterocycles. The molecule has 0 aliphatic rings. The smallest absolute Gasteiger partial charge is 0.405 e. The van der Waals surface area contributed by atoms with E-state index in [2.05, 4.69) is 15.0 Å². The molecule has 0 radical (unpaired) electrons. The van der Waals surface area contributed by atoms with Gasteiger partial charge in [-0.15, -0.1) is 0 Å². The van der Waals surface area contributed by atoms with Crippen LogP contribution in [0, 0.1) is 0 Å². The summed E-state index contributed by atoms with van der Waals surface area (Å²) in [6.45, 7) is -0.306. The highest BCUT2D eigenvalue weighted by Crippen LogP contribution is 2.32. The highest BCUT2D eigenvalue weighted by atomic mass is 35.5. The SMILES string of the molecule is COC(=O)CCCNC(=O)COC(=O)c1[nH+]c(Cl)c(Cl)c(N)c1Cl. The fourth-order valence-electron chi connectivity index (χ4n) is 1.53. The van der Waals surface area contributed by atoms with Crippen LogP contribution in [0.1, 0.15) is 23.3 Å². The van der Waals surface area contributed by atoms with Gasteiger partial charge in [0.2, 0.25) is 0 Å². The van der Waals surface area contributed by atoms with E-state index in [0.717, 1.165) is 0 Å². The minimum Gasteiger partial charge on any atom is -0.469 e. The molecule has 8 nitrogen and oxygen atoms in total. The van der Waals surface area contributed by atoms with Gasteiger partial charge in [0.25, 0.3) is 11.1 Å². The molecule has 0 aliphatic heterocycles. The fourth-order valence-corrected chi connectivity index (χ4v) is 2.13. The molecule has 0 unspecified atom stereocenters. The average molecular weight is 400 g/mol. The van der Waals surface area contributed by atoms with Gasteiger partial charge in [0.15, 0.2) is 6.61 Å². The molecule has 0 bridgehead atoms. The summed E-state index contributed by atoms with van der Waals surface area (Å²) in [7, 11) is 1.28. The van der Waals surface area contributed by atoms with Crippen LogP contribution in [-0.4, -0.2) is 38.1 Å². The van der Waals surface area contributed by atoms with Crippen molar-refractivity contribution in [2.75, 3.05) is 26.0 Å². The molecule has 1 aromatic heterocycles. The summed E-state index contributed by atoms with van der Waals surface area (Å²) < 4.78 is 9.26. The van der Waals surface area contributed by atoms with Crippen LogP contribution in [0.2, 0.25) is 15.2 Å². The zero-order valence-electron chi connectivity index (χ0n) is 12.6. The molecule has 132 valence electrons. The van der Waals surface area contributed by atoms with Gasteiger partial charge in [0, 0.05) is 13.0 Å². The number of rotatable bonds is 7. The van der Waals surface area contributed by atoms with Gasteiger partial charge in [0.05, 0.1) is 12.8 Å². The van der Waals surface area contributed by atoms with Crippen LogP contribution in [0.3, 0.4) is 0 Å². The van der Waals surface area contributed by atoms with Crippen LogP contribution in [0.15, 0.2) is 0 Å². The Balaban J connectivity index is 2.49. The second kappa shape index (κ2) is 9.51. The number of hydrogen-bond donors (Lipinski definition) is 2. The molecule has 0 aromatic carbocycles. The van der Waals surface area contributed by atoms with Gasteiger partial charge in [-0.05, 0) is 18.0 Å². The minimum atomic E-state index is -0.921. The molecular weight excluding hydrogens is 385 g/mol. The molecule has 0 fully saturated rings. The normalized spacial score (nSPS) is 10.2. The maximum atomic E-state index is 11.9. The van der Waals surface area contributed by atoms with Crippen molar-refractivity contribution in [2.45, 2.75) is 12.8 Å².